The Morgan fingerprint density at radius 1 is 1.26 bits per heavy atom. The van der Waals surface area contributed by atoms with Crippen molar-refractivity contribution in [3.63, 3.8) is 0 Å². The summed E-state index contributed by atoms with van der Waals surface area (Å²) in [5.41, 5.74) is 2.59. The van der Waals surface area contributed by atoms with Crippen LogP contribution in [0.5, 0.6) is 0 Å². The summed E-state index contributed by atoms with van der Waals surface area (Å²) in [5, 5.41) is 9.12. The molecule has 1 aliphatic heterocycles. The van der Waals surface area contributed by atoms with E-state index in [2.05, 4.69) is 26.9 Å². The van der Waals surface area contributed by atoms with Crippen LogP contribution in [0, 0.1) is 6.92 Å². The lowest BCUT2D eigenvalue weighted by Crippen LogP contribution is -2.30. The fourth-order valence-electron chi connectivity index (χ4n) is 3.06. The van der Waals surface area contributed by atoms with Crippen molar-refractivity contribution in [2.24, 2.45) is 0 Å². The van der Waals surface area contributed by atoms with Gasteiger partial charge in [-0.15, -0.1) is 0 Å². The molecule has 1 aliphatic rings. The molecular formula is C17H20N4O2. The van der Waals surface area contributed by atoms with Crippen LogP contribution in [0.25, 0.3) is 11.3 Å². The van der Waals surface area contributed by atoms with Crippen molar-refractivity contribution < 1.29 is 9.90 Å². The van der Waals surface area contributed by atoms with Crippen molar-refractivity contribution in [3.05, 3.63) is 41.6 Å². The highest BCUT2D eigenvalue weighted by Crippen LogP contribution is 2.30. The molecule has 0 spiro atoms. The van der Waals surface area contributed by atoms with Gasteiger partial charge in [-0.25, -0.2) is 14.8 Å². The van der Waals surface area contributed by atoms with Gasteiger partial charge < -0.3 is 5.11 Å². The van der Waals surface area contributed by atoms with Crippen molar-refractivity contribution in [2.75, 3.05) is 13.6 Å². The van der Waals surface area contributed by atoms with Crippen molar-refractivity contribution in [1.29, 1.82) is 0 Å². The van der Waals surface area contributed by atoms with E-state index in [1.807, 2.05) is 13.0 Å². The highest BCUT2D eigenvalue weighted by molar-refractivity contribution is 5.88. The molecule has 0 amide bonds. The maximum Gasteiger partial charge on any atom is 0.337 e. The number of carboxylic acids is 1. The van der Waals surface area contributed by atoms with Crippen LogP contribution in [0.2, 0.25) is 0 Å². The Balaban J connectivity index is 2.00. The quantitative estimate of drug-likeness (QED) is 0.938. The molecule has 0 unspecified atom stereocenters. The zero-order chi connectivity index (χ0) is 16.4. The Hall–Kier alpha value is -2.34. The first-order chi connectivity index (χ1) is 11.0. The predicted molar refractivity (Wildman–Crippen MR) is 86.2 cm³/mol. The van der Waals surface area contributed by atoms with E-state index in [1.54, 1.807) is 12.3 Å². The summed E-state index contributed by atoms with van der Waals surface area (Å²) in [5.74, 6) is -0.297. The largest absolute Gasteiger partial charge is 0.478 e. The van der Waals surface area contributed by atoms with E-state index < -0.39 is 5.97 Å². The molecule has 0 bridgehead atoms. The smallest absolute Gasteiger partial charge is 0.337 e. The van der Waals surface area contributed by atoms with Crippen LogP contribution < -0.4 is 0 Å². The minimum atomic E-state index is -0.989. The number of carbonyl (C=O) groups is 1. The summed E-state index contributed by atoms with van der Waals surface area (Å²) in [6.07, 6.45) is 6.48. The van der Waals surface area contributed by atoms with Gasteiger partial charge in [0.25, 0.3) is 0 Å². The summed E-state index contributed by atoms with van der Waals surface area (Å²) < 4.78 is 0. The number of piperidine rings is 1. The van der Waals surface area contributed by atoms with Gasteiger partial charge in [0.1, 0.15) is 5.82 Å². The third-order valence-electron chi connectivity index (χ3n) is 4.25. The average Bonchev–Trinajstić information content (AvgIpc) is 2.55. The van der Waals surface area contributed by atoms with E-state index in [-0.39, 0.29) is 5.56 Å². The minimum absolute atomic E-state index is 0.162. The lowest BCUT2D eigenvalue weighted by atomic mass is 9.98. The van der Waals surface area contributed by atoms with E-state index in [0.29, 0.717) is 17.4 Å². The standard InChI is InChI=1S/C17H20N4O2/c1-11-19-14(12-7-13(17(22)23)10-18-9-12)8-15(20-11)16-5-3-4-6-21(16)2/h7-10,16H,3-6H2,1-2H3,(H,22,23)/t16-/m1/s1. The Morgan fingerprint density at radius 2 is 2.09 bits per heavy atom. The number of likely N-dealkylation sites (tertiary alicyclic amines) is 1. The van der Waals surface area contributed by atoms with Gasteiger partial charge in [0.2, 0.25) is 0 Å². The Kier molecular flexibility index (Phi) is 4.34. The molecule has 3 rings (SSSR count). The zero-order valence-electron chi connectivity index (χ0n) is 13.4. The molecule has 3 heterocycles. The number of hydrogen-bond donors (Lipinski definition) is 1. The van der Waals surface area contributed by atoms with E-state index in [9.17, 15) is 4.79 Å². The van der Waals surface area contributed by atoms with Crippen LogP contribution in [0.4, 0.5) is 0 Å². The minimum Gasteiger partial charge on any atom is -0.478 e. The molecule has 2 aromatic heterocycles. The van der Waals surface area contributed by atoms with Gasteiger partial charge in [-0.05, 0) is 45.5 Å². The zero-order valence-corrected chi connectivity index (χ0v) is 13.4. The molecule has 6 heteroatoms. The number of aryl methyl sites for hydroxylation is 1. The van der Waals surface area contributed by atoms with Crippen LogP contribution in [-0.4, -0.2) is 44.5 Å². The summed E-state index contributed by atoms with van der Waals surface area (Å²) in [7, 11) is 2.12. The van der Waals surface area contributed by atoms with Crippen LogP contribution >= 0.6 is 0 Å². The molecule has 1 N–H and O–H groups in total. The SMILES string of the molecule is Cc1nc(-c2cncc(C(=O)O)c2)cc([C@H]2CCCCN2C)n1. The predicted octanol–water partition coefficient (Wildman–Crippen LogP) is 2.70. The number of nitrogens with zero attached hydrogens (tertiary/aromatic N) is 4. The maximum atomic E-state index is 11.1. The van der Waals surface area contributed by atoms with Crippen LogP contribution in [-0.2, 0) is 0 Å². The summed E-state index contributed by atoms with van der Waals surface area (Å²) in [4.78, 5) is 26.5. The molecule has 0 aliphatic carbocycles. The number of hydrogen-bond acceptors (Lipinski definition) is 5. The molecule has 1 atom stereocenters. The van der Waals surface area contributed by atoms with Crippen molar-refractivity contribution in [2.45, 2.75) is 32.2 Å². The lowest BCUT2D eigenvalue weighted by molar-refractivity contribution is 0.0696. The van der Waals surface area contributed by atoms with Gasteiger partial charge in [-0.1, -0.05) is 6.42 Å². The van der Waals surface area contributed by atoms with Crippen LogP contribution in [0.1, 0.15) is 47.2 Å². The van der Waals surface area contributed by atoms with Crippen molar-refractivity contribution >= 4 is 5.97 Å². The first-order valence-electron chi connectivity index (χ1n) is 7.79. The summed E-state index contributed by atoms with van der Waals surface area (Å²) in [6, 6.07) is 3.85. The Morgan fingerprint density at radius 3 is 2.83 bits per heavy atom. The Bertz CT molecular complexity index is 732. The first-order valence-corrected chi connectivity index (χ1v) is 7.79. The van der Waals surface area contributed by atoms with E-state index in [1.165, 1.54) is 19.0 Å². The van der Waals surface area contributed by atoms with Gasteiger partial charge in [0, 0.05) is 18.0 Å². The van der Waals surface area contributed by atoms with Gasteiger partial charge in [0.15, 0.2) is 0 Å². The molecule has 0 aromatic carbocycles. The third-order valence-corrected chi connectivity index (χ3v) is 4.25. The van der Waals surface area contributed by atoms with Gasteiger partial charge in [-0.3, -0.25) is 9.88 Å². The van der Waals surface area contributed by atoms with Crippen LogP contribution in [0.15, 0.2) is 24.5 Å². The normalized spacial score (nSPS) is 18.8. The number of rotatable bonds is 3. The maximum absolute atomic E-state index is 11.1. The lowest BCUT2D eigenvalue weighted by Gasteiger charge is -2.32. The molecule has 0 saturated carbocycles. The number of aromatic carboxylic acids is 1. The van der Waals surface area contributed by atoms with Crippen LogP contribution in [0.3, 0.4) is 0 Å². The fourth-order valence-corrected chi connectivity index (χ4v) is 3.06. The highest BCUT2D eigenvalue weighted by Gasteiger charge is 2.23. The number of pyridine rings is 1. The molecule has 120 valence electrons. The number of carboxylic acid groups (broad SMARTS) is 1. The third kappa shape index (κ3) is 3.37. The van der Waals surface area contributed by atoms with E-state index >= 15 is 0 Å². The van der Waals surface area contributed by atoms with Gasteiger partial charge in [0.05, 0.1) is 23.0 Å². The highest BCUT2D eigenvalue weighted by atomic mass is 16.4. The monoisotopic (exact) mass is 312 g/mol. The molecule has 23 heavy (non-hydrogen) atoms. The second kappa shape index (κ2) is 6.42. The molecule has 1 saturated heterocycles. The van der Waals surface area contributed by atoms with E-state index in [4.69, 9.17) is 5.11 Å². The molecule has 0 radical (unpaired) electrons. The first kappa shape index (κ1) is 15.6. The van der Waals surface area contributed by atoms with Gasteiger partial charge in [-0.2, -0.15) is 0 Å². The molecule has 2 aromatic rings. The van der Waals surface area contributed by atoms with Crippen molar-refractivity contribution in [3.8, 4) is 11.3 Å². The molecule has 6 nitrogen and oxygen atoms in total. The topological polar surface area (TPSA) is 79.2 Å². The molecule has 1 fully saturated rings. The second-order valence-electron chi connectivity index (χ2n) is 5.98. The summed E-state index contributed by atoms with van der Waals surface area (Å²) in [6.45, 7) is 2.93. The summed E-state index contributed by atoms with van der Waals surface area (Å²) >= 11 is 0. The Labute approximate surface area is 135 Å². The average molecular weight is 312 g/mol. The molecular weight excluding hydrogens is 292 g/mol. The van der Waals surface area contributed by atoms with E-state index in [0.717, 1.165) is 24.4 Å². The number of aromatic nitrogens is 3. The fraction of sp³-hybridized carbons (Fsp3) is 0.412. The van der Waals surface area contributed by atoms with Crippen molar-refractivity contribution in [1.82, 2.24) is 19.9 Å². The second-order valence-corrected chi connectivity index (χ2v) is 5.98. The van der Waals surface area contributed by atoms with Gasteiger partial charge >= 0.3 is 5.97 Å².